The van der Waals surface area contributed by atoms with Crippen molar-refractivity contribution in [2.24, 2.45) is 0 Å². The highest BCUT2D eigenvalue weighted by Gasteiger charge is 2.10. The highest BCUT2D eigenvalue weighted by atomic mass is 19.1. The van der Waals surface area contributed by atoms with E-state index in [1.807, 2.05) is 48.0 Å². The normalized spacial score (nSPS) is 10.8. The summed E-state index contributed by atoms with van der Waals surface area (Å²) < 4.78 is 15.5. The molecule has 0 saturated heterocycles. The fourth-order valence-corrected chi connectivity index (χ4v) is 2.84. The second kappa shape index (κ2) is 7.11. The van der Waals surface area contributed by atoms with Gasteiger partial charge in [-0.2, -0.15) is 0 Å². The minimum absolute atomic E-state index is 0.364. The molecule has 4 rings (SSSR count). The van der Waals surface area contributed by atoms with Crippen LogP contribution in [-0.2, 0) is 0 Å². The fraction of sp³-hybridized carbons (Fsp3) is 0.0952. The molecule has 2 heterocycles. The van der Waals surface area contributed by atoms with E-state index in [0.29, 0.717) is 22.7 Å². The number of carbonyl (C=O) groups is 1. The summed E-state index contributed by atoms with van der Waals surface area (Å²) in [7, 11) is 0. The predicted octanol–water partition coefficient (Wildman–Crippen LogP) is 4.80. The van der Waals surface area contributed by atoms with E-state index in [9.17, 15) is 9.18 Å². The summed E-state index contributed by atoms with van der Waals surface area (Å²) in [6, 6.07) is 11.7. The Morgan fingerprint density at radius 2 is 1.89 bits per heavy atom. The van der Waals surface area contributed by atoms with Crippen LogP contribution in [0, 0.1) is 19.7 Å². The molecule has 4 aromatic rings. The molecule has 0 aliphatic carbocycles. The SMILES string of the molecule is Cc1ccc(NC(=O)Nc2cc(-c3cn4cccnc4n3)ccc2C)cc1F. The third kappa shape index (κ3) is 3.55. The number of aromatic nitrogens is 3. The Morgan fingerprint density at radius 3 is 2.68 bits per heavy atom. The maximum Gasteiger partial charge on any atom is 0.323 e. The summed E-state index contributed by atoms with van der Waals surface area (Å²) in [4.78, 5) is 21.1. The Labute approximate surface area is 161 Å². The van der Waals surface area contributed by atoms with Gasteiger partial charge in [0.2, 0.25) is 5.78 Å². The maximum atomic E-state index is 13.7. The van der Waals surface area contributed by atoms with E-state index >= 15 is 0 Å². The van der Waals surface area contributed by atoms with Crippen LogP contribution in [0.5, 0.6) is 0 Å². The lowest BCUT2D eigenvalue weighted by Crippen LogP contribution is -2.20. The summed E-state index contributed by atoms with van der Waals surface area (Å²) in [5.74, 6) is 0.239. The van der Waals surface area contributed by atoms with Crippen molar-refractivity contribution in [2.45, 2.75) is 13.8 Å². The number of hydrogen-bond donors (Lipinski definition) is 2. The van der Waals surface area contributed by atoms with Crippen molar-refractivity contribution < 1.29 is 9.18 Å². The molecular weight excluding hydrogens is 357 g/mol. The van der Waals surface area contributed by atoms with E-state index in [-0.39, 0.29) is 5.82 Å². The van der Waals surface area contributed by atoms with Gasteiger partial charge >= 0.3 is 6.03 Å². The minimum atomic E-state index is -0.444. The average molecular weight is 375 g/mol. The number of nitrogens with one attached hydrogen (secondary N) is 2. The number of rotatable bonds is 3. The van der Waals surface area contributed by atoms with Crippen LogP contribution < -0.4 is 10.6 Å². The van der Waals surface area contributed by atoms with E-state index in [1.165, 1.54) is 6.07 Å². The molecule has 6 nitrogen and oxygen atoms in total. The molecular formula is C21H18FN5O. The monoisotopic (exact) mass is 375 g/mol. The van der Waals surface area contributed by atoms with E-state index in [4.69, 9.17) is 0 Å². The molecule has 0 aliphatic rings. The lowest BCUT2D eigenvalue weighted by molar-refractivity contribution is 0.262. The van der Waals surface area contributed by atoms with Gasteiger partial charge in [-0.15, -0.1) is 0 Å². The molecule has 2 aromatic carbocycles. The Bertz CT molecular complexity index is 1150. The third-order valence-corrected chi connectivity index (χ3v) is 4.45. The predicted molar refractivity (Wildman–Crippen MR) is 107 cm³/mol. The zero-order valence-electron chi connectivity index (χ0n) is 15.4. The van der Waals surface area contributed by atoms with Gasteiger partial charge in [-0.3, -0.25) is 4.40 Å². The molecule has 0 atom stereocenters. The molecule has 2 aromatic heterocycles. The second-order valence-corrected chi connectivity index (χ2v) is 6.53. The van der Waals surface area contributed by atoms with Crippen molar-refractivity contribution in [1.29, 1.82) is 0 Å². The summed E-state index contributed by atoms with van der Waals surface area (Å²) in [5.41, 5.74) is 4.07. The molecule has 0 fully saturated rings. The van der Waals surface area contributed by atoms with Gasteiger partial charge < -0.3 is 10.6 Å². The Morgan fingerprint density at radius 1 is 1.07 bits per heavy atom. The van der Waals surface area contributed by atoms with Gasteiger partial charge in [-0.25, -0.2) is 19.2 Å². The van der Waals surface area contributed by atoms with E-state index in [2.05, 4.69) is 20.6 Å². The Hall–Kier alpha value is -3.74. The molecule has 0 saturated carbocycles. The lowest BCUT2D eigenvalue weighted by Gasteiger charge is -2.11. The van der Waals surface area contributed by atoms with Crippen LogP contribution in [-0.4, -0.2) is 20.4 Å². The number of fused-ring (bicyclic) bond motifs is 1. The summed E-state index contributed by atoms with van der Waals surface area (Å²) in [6.45, 7) is 3.57. The van der Waals surface area contributed by atoms with Crippen molar-refractivity contribution in [2.75, 3.05) is 10.6 Å². The average Bonchev–Trinajstić information content (AvgIpc) is 3.10. The topological polar surface area (TPSA) is 71.3 Å². The minimum Gasteiger partial charge on any atom is -0.308 e. The molecule has 7 heteroatoms. The number of aryl methyl sites for hydroxylation is 2. The quantitative estimate of drug-likeness (QED) is 0.540. The first kappa shape index (κ1) is 17.7. The van der Waals surface area contributed by atoms with Crippen molar-refractivity contribution in [3.05, 3.63) is 78.0 Å². The van der Waals surface area contributed by atoms with Crippen LogP contribution in [0.2, 0.25) is 0 Å². The van der Waals surface area contributed by atoms with Crippen molar-refractivity contribution >= 4 is 23.2 Å². The number of urea groups is 1. The van der Waals surface area contributed by atoms with Crippen LogP contribution in [0.3, 0.4) is 0 Å². The van der Waals surface area contributed by atoms with Crippen LogP contribution in [0.4, 0.5) is 20.6 Å². The van der Waals surface area contributed by atoms with E-state index in [0.717, 1.165) is 16.8 Å². The lowest BCUT2D eigenvalue weighted by atomic mass is 10.1. The number of carbonyl (C=O) groups excluding carboxylic acids is 1. The summed E-state index contributed by atoms with van der Waals surface area (Å²) in [5, 5.41) is 5.46. The number of halogens is 1. The van der Waals surface area contributed by atoms with Gasteiger partial charge in [0, 0.05) is 35.5 Å². The zero-order valence-corrected chi connectivity index (χ0v) is 15.4. The number of nitrogens with zero attached hydrogens (tertiary/aromatic N) is 3. The highest BCUT2D eigenvalue weighted by Crippen LogP contribution is 2.25. The van der Waals surface area contributed by atoms with Gasteiger partial charge in [0.1, 0.15) is 5.82 Å². The van der Waals surface area contributed by atoms with Crippen LogP contribution in [0.1, 0.15) is 11.1 Å². The van der Waals surface area contributed by atoms with Gasteiger partial charge in [-0.1, -0.05) is 18.2 Å². The standard InChI is InChI=1S/C21H18FN5O/c1-13-5-7-16(11-17(13)22)24-21(28)26-18-10-15(6-4-14(18)2)19-12-27-9-3-8-23-20(27)25-19/h3-12H,1-2H3,(H2,24,26,28). The number of hydrogen-bond acceptors (Lipinski definition) is 3. The Balaban J connectivity index is 1.56. The van der Waals surface area contributed by atoms with Gasteiger partial charge in [-0.05, 0) is 49.2 Å². The first-order valence-corrected chi connectivity index (χ1v) is 8.74. The molecule has 0 bridgehead atoms. The number of anilines is 2. The smallest absolute Gasteiger partial charge is 0.308 e. The Kier molecular flexibility index (Phi) is 4.49. The van der Waals surface area contributed by atoms with Crippen molar-refractivity contribution in [3.8, 4) is 11.3 Å². The third-order valence-electron chi connectivity index (χ3n) is 4.45. The maximum absolute atomic E-state index is 13.7. The largest absolute Gasteiger partial charge is 0.323 e. The molecule has 2 amide bonds. The molecule has 0 radical (unpaired) electrons. The van der Waals surface area contributed by atoms with Gasteiger partial charge in [0.05, 0.1) is 5.69 Å². The van der Waals surface area contributed by atoms with Gasteiger partial charge in [0.15, 0.2) is 0 Å². The van der Waals surface area contributed by atoms with Crippen LogP contribution in [0.25, 0.3) is 17.0 Å². The summed E-state index contributed by atoms with van der Waals surface area (Å²) in [6.07, 6.45) is 5.44. The number of imidazole rings is 1. The first-order chi connectivity index (χ1) is 13.5. The van der Waals surface area contributed by atoms with Crippen LogP contribution >= 0.6 is 0 Å². The second-order valence-electron chi connectivity index (χ2n) is 6.53. The van der Waals surface area contributed by atoms with Gasteiger partial charge in [0.25, 0.3) is 0 Å². The van der Waals surface area contributed by atoms with E-state index < -0.39 is 6.03 Å². The first-order valence-electron chi connectivity index (χ1n) is 8.74. The van der Waals surface area contributed by atoms with Crippen LogP contribution in [0.15, 0.2) is 61.1 Å². The molecule has 2 N–H and O–H groups in total. The highest BCUT2D eigenvalue weighted by molar-refractivity contribution is 6.00. The van der Waals surface area contributed by atoms with E-state index in [1.54, 1.807) is 25.3 Å². The molecule has 0 spiro atoms. The molecule has 140 valence electrons. The zero-order chi connectivity index (χ0) is 19.7. The van der Waals surface area contributed by atoms with Crippen molar-refractivity contribution in [3.63, 3.8) is 0 Å². The number of benzene rings is 2. The summed E-state index contributed by atoms with van der Waals surface area (Å²) >= 11 is 0. The van der Waals surface area contributed by atoms with Crippen molar-refractivity contribution in [1.82, 2.24) is 14.4 Å². The molecule has 28 heavy (non-hydrogen) atoms. The molecule has 0 unspecified atom stereocenters. The fourth-order valence-electron chi connectivity index (χ4n) is 2.84. The number of amides is 2. The molecule has 0 aliphatic heterocycles.